The first-order chi connectivity index (χ1) is 12.5. The summed E-state index contributed by atoms with van der Waals surface area (Å²) in [6, 6.07) is 11.8. The Morgan fingerprint density at radius 3 is 2.50 bits per heavy atom. The van der Waals surface area contributed by atoms with Crippen LogP contribution in [0, 0.1) is 0 Å². The van der Waals surface area contributed by atoms with Crippen molar-refractivity contribution < 1.29 is 9.21 Å². The molecule has 3 rings (SSSR count). The molecule has 3 aromatic rings. The van der Waals surface area contributed by atoms with Gasteiger partial charge in [-0.05, 0) is 42.0 Å². The fourth-order valence-electron chi connectivity index (χ4n) is 2.65. The summed E-state index contributed by atoms with van der Waals surface area (Å²) in [6.07, 6.45) is 1.51. The van der Waals surface area contributed by atoms with Crippen LogP contribution >= 0.6 is 23.2 Å². The highest BCUT2D eigenvalue weighted by Crippen LogP contribution is 2.30. The normalized spacial score (nSPS) is 12.0. The Kier molecular flexibility index (Phi) is 5.49. The fraction of sp³-hybridized carbons (Fsp3) is 0.158. The monoisotopic (exact) mass is 390 g/mol. The van der Waals surface area contributed by atoms with Crippen molar-refractivity contribution in [2.75, 3.05) is 6.54 Å². The number of pyridine rings is 1. The number of aromatic nitrogens is 1. The van der Waals surface area contributed by atoms with Crippen molar-refractivity contribution >= 4 is 29.1 Å². The number of hydrogen-bond acceptors (Lipinski definition) is 3. The molecule has 1 atom stereocenters. The van der Waals surface area contributed by atoms with Gasteiger partial charge < -0.3 is 14.7 Å². The van der Waals surface area contributed by atoms with E-state index in [1.165, 1.54) is 12.3 Å². The molecule has 7 heteroatoms. The van der Waals surface area contributed by atoms with Crippen LogP contribution < -0.4 is 10.9 Å². The third-order valence-corrected chi connectivity index (χ3v) is 4.66. The number of benzene rings is 1. The molecule has 1 amide bonds. The Bertz CT molecular complexity index is 960. The lowest BCUT2D eigenvalue weighted by Crippen LogP contribution is -2.32. The van der Waals surface area contributed by atoms with E-state index in [9.17, 15) is 9.59 Å². The molecule has 0 bridgehead atoms. The lowest BCUT2D eigenvalue weighted by Gasteiger charge is -2.16. The van der Waals surface area contributed by atoms with E-state index in [-0.39, 0.29) is 11.5 Å². The highest BCUT2D eigenvalue weighted by Gasteiger charge is 2.17. The molecular formula is C19H16Cl2N2O3. The highest BCUT2D eigenvalue weighted by atomic mass is 35.5. The van der Waals surface area contributed by atoms with E-state index in [4.69, 9.17) is 27.6 Å². The molecule has 2 aromatic heterocycles. The molecule has 2 N–H and O–H groups in total. The second-order valence-electron chi connectivity index (χ2n) is 5.84. The summed E-state index contributed by atoms with van der Waals surface area (Å²) in [4.78, 5) is 27.2. The van der Waals surface area contributed by atoms with Crippen molar-refractivity contribution in [2.24, 2.45) is 0 Å². The number of carbonyl (C=O) groups is 1. The predicted molar refractivity (Wildman–Crippen MR) is 102 cm³/mol. The Hall–Kier alpha value is -2.50. The Balaban J connectivity index is 1.71. The van der Waals surface area contributed by atoms with Crippen molar-refractivity contribution in [3.05, 3.63) is 80.3 Å². The summed E-state index contributed by atoms with van der Waals surface area (Å²) >= 11 is 12.4. The van der Waals surface area contributed by atoms with Crippen molar-refractivity contribution in [3.8, 4) is 11.5 Å². The minimum absolute atomic E-state index is 0.0257. The highest BCUT2D eigenvalue weighted by molar-refractivity contribution is 6.36. The molecule has 0 saturated heterocycles. The van der Waals surface area contributed by atoms with Gasteiger partial charge in [0.25, 0.3) is 11.5 Å². The molecule has 1 aromatic carbocycles. The second kappa shape index (κ2) is 7.81. The van der Waals surface area contributed by atoms with E-state index in [1.807, 2.05) is 6.92 Å². The van der Waals surface area contributed by atoms with Gasteiger partial charge in [0.15, 0.2) is 0 Å². The van der Waals surface area contributed by atoms with Crippen molar-refractivity contribution in [3.63, 3.8) is 0 Å². The van der Waals surface area contributed by atoms with Gasteiger partial charge in [0, 0.05) is 22.5 Å². The molecule has 26 heavy (non-hydrogen) atoms. The molecule has 5 nitrogen and oxygen atoms in total. The molecule has 1 unspecified atom stereocenters. The van der Waals surface area contributed by atoms with Crippen molar-refractivity contribution in [1.82, 2.24) is 10.3 Å². The SMILES string of the molecule is CC(CNC(=O)c1ccc(-c2ccco2)[nH]c1=O)c1c(Cl)cccc1Cl. The van der Waals surface area contributed by atoms with Gasteiger partial charge in [0.2, 0.25) is 0 Å². The zero-order chi connectivity index (χ0) is 18.7. The zero-order valence-electron chi connectivity index (χ0n) is 13.9. The van der Waals surface area contributed by atoms with Gasteiger partial charge in [-0.3, -0.25) is 9.59 Å². The largest absolute Gasteiger partial charge is 0.463 e. The van der Waals surface area contributed by atoms with Crippen LogP contribution in [0.15, 0.2) is 57.9 Å². The van der Waals surface area contributed by atoms with Gasteiger partial charge in [-0.2, -0.15) is 0 Å². The number of rotatable bonds is 5. The van der Waals surface area contributed by atoms with Crippen LogP contribution in [-0.4, -0.2) is 17.4 Å². The number of aromatic amines is 1. The van der Waals surface area contributed by atoms with Crippen LogP contribution in [0.25, 0.3) is 11.5 Å². The maximum absolute atomic E-state index is 12.3. The smallest absolute Gasteiger partial charge is 0.261 e. The lowest BCUT2D eigenvalue weighted by molar-refractivity contribution is 0.0950. The molecule has 134 valence electrons. The molecule has 0 fully saturated rings. The maximum atomic E-state index is 12.3. The van der Waals surface area contributed by atoms with E-state index >= 15 is 0 Å². The summed E-state index contributed by atoms with van der Waals surface area (Å²) in [5.41, 5.74) is 0.809. The van der Waals surface area contributed by atoms with Gasteiger partial charge in [-0.25, -0.2) is 0 Å². The number of amides is 1. The molecule has 0 spiro atoms. The minimum atomic E-state index is -0.486. The molecule has 0 saturated carbocycles. The summed E-state index contributed by atoms with van der Waals surface area (Å²) in [6.45, 7) is 2.19. The van der Waals surface area contributed by atoms with Crippen LogP contribution in [0.4, 0.5) is 0 Å². The van der Waals surface area contributed by atoms with Crippen molar-refractivity contribution in [2.45, 2.75) is 12.8 Å². The minimum Gasteiger partial charge on any atom is -0.463 e. The van der Waals surface area contributed by atoms with E-state index in [0.29, 0.717) is 28.0 Å². The number of halogens is 2. The van der Waals surface area contributed by atoms with Crippen LogP contribution in [0.2, 0.25) is 10.0 Å². The van der Waals surface area contributed by atoms with Gasteiger partial charge >= 0.3 is 0 Å². The fourth-order valence-corrected chi connectivity index (χ4v) is 3.42. The van der Waals surface area contributed by atoms with E-state index < -0.39 is 11.5 Å². The Morgan fingerprint density at radius 2 is 1.88 bits per heavy atom. The number of nitrogens with one attached hydrogen (secondary N) is 2. The average molecular weight is 391 g/mol. The van der Waals surface area contributed by atoms with Crippen molar-refractivity contribution in [1.29, 1.82) is 0 Å². The maximum Gasteiger partial charge on any atom is 0.261 e. The average Bonchev–Trinajstić information content (AvgIpc) is 3.14. The van der Waals surface area contributed by atoms with Crippen LogP contribution in [0.5, 0.6) is 0 Å². The summed E-state index contributed by atoms with van der Waals surface area (Å²) in [5, 5.41) is 3.83. The lowest BCUT2D eigenvalue weighted by atomic mass is 10.0. The van der Waals surface area contributed by atoms with Gasteiger partial charge in [-0.1, -0.05) is 36.2 Å². The molecule has 0 aliphatic rings. The molecule has 0 aliphatic heterocycles. The standard InChI is InChI=1S/C19H16Cl2N2O3/c1-11(17-13(20)4-2-5-14(17)21)10-22-18(24)12-7-8-15(23-19(12)25)16-6-3-9-26-16/h2-9,11H,10H2,1H3,(H,22,24)(H,23,25). The molecule has 0 aliphatic carbocycles. The predicted octanol–water partition coefficient (Wildman–Crippen LogP) is 4.48. The first kappa shape index (κ1) is 18.3. The first-order valence-corrected chi connectivity index (χ1v) is 8.72. The third kappa shape index (κ3) is 3.84. The van der Waals surface area contributed by atoms with Crippen LogP contribution in [0.1, 0.15) is 28.8 Å². The van der Waals surface area contributed by atoms with Crippen LogP contribution in [-0.2, 0) is 0 Å². The van der Waals surface area contributed by atoms with Crippen LogP contribution in [0.3, 0.4) is 0 Å². The second-order valence-corrected chi connectivity index (χ2v) is 6.65. The summed E-state index contributed by atoms with van der Waals surface area (Å²) in [5.74, 6) is -0.0510. The molecule has 2 heterocycles. The summed E-state index contributed by atoms with van der Waals surface area (Å²) < 4.78 is 5.23. The van der Waals surface area contributed by atoms with E-state index in [1.54, 1.807) is 36.4 Å². The number of hydrogen-bond donors (Lipinski definition) is 2. The molecule has 0 radical (unpaired) electrons. The number of carbonyl (C=O) groups excluding carboxylic acids is 1. The first-order valence-electron chi connectivity index (χ1n) is 7.96. The Labute approximate surface area is 159 Å². The quantitative estimate of drug-likeness (QED) is 0.674. The van der Waals surface area contributed by atoms with E-state index in [2.05, 4.69) is 10.3 Å². The van der Waals surface area contributed by atoms with Gasteiger partial charge in [-0.15, -0.1) is 0 Å². The van der Waals surface area contributed by atoms with Gasteiger partial charge in [0.1, 0.15) is 11.3 Å². The zero-order valence-corrected chi connectivity index (χ0v) is 15.4. The van der Waals surface area contributed by atoms with E-state index in [0.717, 1.165) is 5.56 Å². The number of H-pyrrole nitrogens is 1. The number of furan rings is 1. The summed E-state index contributed by atoms with van der Waals surface area (Å²) in [7, 11) is 0. The third-order valence-electron chi connectivity index (χ3n) is 4.00. The Morgan fingerprint density at radius 1 is 1.15 bits per heavy atom. The van der Waals surface area contributed by atoms with Gasteiger partial charge in [0.05, 0.1) is 12.0 Å². The topological polar surface area (TPSA) is 75.1 Å². The molecular weight excluding hydrogens is 375 g/mol.